The maximum atomic E-state index is 12.2. The van der Waals surface area contributed by atoms with Crippen LogP contribution in [-0.4, -0.2) is 34.4 Å². The fourth-order valence-electron chi connectivity index (χ4n) is 2.59. The maximum Gasteiger partial charge on any atom is 0.257 e. The molecule has 1 aromatic carbocycles. The first-order valence-electron chi connectivity index (χ1n) is 7.59. The van der Waals surface area contributed by atoms with Crippen molar-refractivity contribution in [1.82, 2.24) is 4.98 Å². The largest absolute Gasteiger partial charge is 0.357 e. The summed E-state index contributed by atoms with van der Waals surface area (Å²) in [6, 6.07) is 10.7. The topological polar surface area (TPSA) is 62.3 Å². The van der Waals surface area contributed by atoms with E-state index in [-0.39, 0.29) is 5.91 Å². The molecule has 2 aromatic rings. The highest BCUT2D eigenvalue weighted by molar-refractivity contribution is 7.84. The number of hydrogen-bond donors (Lipinski definition) is 1. The fraction of sp³-hybridized carbons (Fsp3) is 0.294. The van der Waals surface area contributed by atoms with E-state index in [1.165, 1.54) is 12.8 Å². The Labute approximate surface area is 138 Å². The van der Waals surface area contributed by atoms with Crippen LogP contribution in [0.25, 0.3) is 0 Å². The first kappa shape index (κ1) is 15.7. The number of anilines is 2. The Morgan fingerprint density at radius 3 is 2.39 bits per heavy atom. The third kappa shape index (κ3) is 3.76. The van der Waals surface area contributed by atoms with Gasteiger partial charge in [0.1, 0.15) is 5.82 Å². The van der Waals surface area contributed by atoms with Gasteiger partial charge in [0.05, 0.1) is 5.56 Å². The number of carbonyl (C=O) groups excluding carboxylic acids is 1. The van der Waals surface area contributed by atoms with Gasteiger partial charge < -0.3 is 10.2 Å². The lowest BCUT2D eigenvalue weighted by molar-refractivity contribution is 0.102. The van der Waals surface area contributed by atoms with Crippen LogP contribution < -0.4 is 10.2 Å². The molecule has 0 radical (unpaired) electrons. The van der Waals surface area contributed by atoms with Crippen molar-refractivity contribution in [3.05, 3.63) is 48.2 Å². The molecule has 1 N–H and O–H groups in total. The zero-order valence-corrected chi connectivity index (χ0v) is 13.8. The molecule has 1 aliphatic heterocycles. The van der Waals surface area contributed by atoms with Gasteiger partial charge in [0.15, 0.2) is 0 Å². The molecular formula is C17H19N3O2S. The van der Waals surface area contributed by atoms with Crippen molar-refractivity contribution in [2.45, 2.75) is 17.7 Å². The number of pyridine rings is 1. The zero-order valence-electron chi connectivity index (χ0n) is 13.0. The Morgan fingerprint density at radius 1 is 1.13 bits per heavy atom. The molecule has 0 saturated carbocycles. The van der Waals surface area contributed by atoms with Gasteiger partial charge in [-0.25, -0.2) is 4.98 Å². The van der Waals surface area contributed by atoms with E-state index in [4.69, 9.17) is 0 Å². The van der Waals surface area contributed by atoms with Gasteiger partial charge in [-0.3, -0.25) is 9.00 Å². The normalized spacial score (nSPS) is 15.4. The minimum atomic E-state index is -1.02. The molecule has 1 atom stereocenters. The molecule has 1 aliphatic rings. The highest BCUT2D eigenvalue weighted by Gasteiger charge is 2.14. The van der Waals surface area contributed by atoms with Gasteiger partial charge in [-0.15, -0.1) is 0 Å². The van der Waals surface area contributed by atoms with Gasteiger partial charge in [0.25, 0.3) is 5.91 Å². The summed E-state index contributed by atoms with van der Waals surface area (Å²) in [5.74, 6) is 0.727. The van der Waals surface area contributed by atoms with E-state index in [0.29, 0.717) is 11.3 Å². The van der Waals surface area contributed by atoms with Crippen LogP contribution in [0, 0.1) is 0 Å². The predicted molar refractivity (Wildman–Crippen MR) is 92.4 cm³/mol. The highest BCUT2D eigenvalue weighted by Crippen LogP contribution is 2.18. The number of nitrogens with one attached hydrogen (secondary N) is 1. The molecule has 0 aliphatic carbocycles. The van der Waals surface area contributed by atoms with Crippen LogP contribution in [0.2, 0.25) is 0 Å². The molecule has 6 heteroatoms. The summed E-state index contributed by atoms with van der Waals surface area (Å²) >= 11 is 0. The zero-order chi connectivity index (χ0) is 16.2. The number of benzene rings is 1. The summed E-state index contributed by atoms with van der Waals surface area (Å²) in [6.07, 6.45) is 5.63. The molecular weight excluding hydrogens is 310 g/mol. The third-order valence-electron chi connectivity index (χ3n) is 3.88. The van der Waals surface area contributed by atoms with Gasteiger partial charge in [-0.1, -0.05) is 0 Å². The molecule has 1 unspecified atom stereocenters. The van der Waals surface area contributed by atoms with Crippen LogP contribution in [0.4, 0.5) is 11.5 Å². The summed E-state index contributed by atoms with van der Waals surface area (Å²) in [5, 5.41) is 2.82. The molecule has 1 saturated heterocycles. The summed E-state index contributed by atoms with van der Waals surface area (Å²) in [6.45, 7) is 2.06. The molecule has 1 fully saturated rings. The average molecular weight is 329 g/mol. The molecule has 0 bridgehead atoms. The second-order valence-electron chi connectivity index (χ2n) is 5.53. The van der Waals surface area contributed by atoms with Crippen LogP contribution in [0.1, 0.15) is 23.2 Å². The second-order valence-corrected chi connectivity index (χ2v) is 6.91. The summed E-state index contributed by atoms with van der Waals surface area (Å²) < 4.78 is 11.4. The van der Waals surface area contributed by atoms with Crippen molar-refractivity contribution < 1.29 is 9.00 Å². The van der Waals surface area contributed by atoms with Gasteiger partial charge in [-0.2, -0.15) is 0 Å². The van der Waals surface area contributed by atoms with Crippen LogP contribution >= 0.6 is 0 Å². The van der Waals surface area contributed by atoms with Crippen molar-refractivity contribution in [2.24, 2.45) is 0 Å². The van der Waals surface area contributed by atoms with Crippen LogP contribution in [0.15, 0.2) is 47.5 Å². The SMILES string of the molecule is CS(=O)c1ccc(NC(=O)c2ccc(N3CCCC3)nc2)cc1. The van der Waals surface area contributed by atoms with E-state index >= 15 is 0 Å². The smallest absolute Gasteiger partial charge is 0.257 e. The third-order valence-corrected chi connectivity index (χ3v) is 4.82. The first-order chi connectivity index (χ1) is 11.1. The van der Waals surface area contributed by atoms with E-state index in [0.717, 1.165) is 23.8 Å². The first-order valence-corrected chi connectivity index (χ1v) is 9.15. The lowest BCUT2D eigenvalue weighted by Crippen LogP contribution is -2.19. The average Bonchev–Trinajstić information content (AvgIpc) is 3.10. The number of hydrogen-bond acceptors (Lipinski definition) is 4. The molecule has 5 nitrogen and oxygen atoms in total. The van der Waals surface area contributed by atoms with Gasteiger partial charge in [0.2, 0.25) is 0 Å². The Hall–Kier alpha value is -2.21. The predicted octanol–water partition coefficient (Wildman–Crippen LogP) is 2.67. The molecule has 2 heterocycles. The lowest BCUT2D eigenvalue weighted by Gasteiger charge is -2.16. The Balaban J connectivity index is 1.66. The Kier molecular flexibility index (Phi) is 4.71. The standard InChI is InChI=1S/C17H19N3O2S/c1-23(22)15-7-5-14(6-8-15)19-17(21)13-4-9-16(18-12-13)20-10-2-3-11-20/h4-9,12H,2-3,10-11H2,1H3,(H,19,21). The molecule has 3 rings (SSSR count). The Morgan fingerprint density at radius 2 is 1.83 bits per heavy atom. The number of nitrogens with zero attached hydrogens (tertiary/aromatic N) is 2. The molecule has 1 amide bonds. The van der Waals surface area contributed by atoms with Gasteiger partial charge >= 0.3 is 0 Å². The van der Waals surface area contributed by atoms with E-state index < -0.39 is 10.8 Å². The van der Waals surface area contributed by atoms with E-state index in [1.807, 2.05) is 6.07 Å². The molecule has 0 spiro atoms. The maximum absolute atomic E-state index is 12.2. The lowest BCUT2D eigenvalue weighted by atomic mass is 10.2. The minimum Gasteiger partial charge on any atom is -0.357 e. The van der Waals surface area contributed by atoms with Crippen molar-refractivity contribution >= 4 is 28.2 Å². The van der Waals surface area contributed by atoms with Crippen molar-refractivity contribution in [1.29, 1.82) is 0 Å². The van der Waals surface area contributed by atoms with Gasteiger partial charge in [0, 0.05) is 46.9 Å². The van der Waals surface area contributed by atoms with Gasteiger partial charge in [-0.05, 0) is 49.2 Å². The van der Waals surface area contributed by atoms with Crippen molar-refractivity contribution in [2.75, 3.05) is 29.6 Å². The van der Waals surface area contributed by atoms with Crippen molar-refractivity contribution in [3.8, 4) is 0 Å². The monoisotopic (exact) mass is 329 g/mol. The number of amides is 1. The molecule has 120 valence electrons. The molecule has 23 heavy (non-hydrogen) atoms. The number of rotatable bonds is 4. The summed E-state index contributed by atoms with van der Waals surface area (Å²) in [4.78, 5) is 19.6. The highest BCUT2D eigenvalue weighted by atomic mass is 32.2. The fourth-order valence-corrected chi connectivity index (χ4v) is 3.11. The van der Waals surface area contributed by atoms with E-state index in [9.17, 15) is 9.00 Å². The van der Waals surface area contributed by atoms with Crippen LogP contribution in [0.3, 0.4) is 0 Å². The quantitative estimate of drug-likeness (QED) is 0.937. The second kappa shape index (κ2) is 6.91. The van der Waals surface area contributed by atoms with Crippen LogP contribution in [0.5, 0.6) is 0 Å². The van der Waals surface area contributed by atoms with E-state index in [1.54, 1.807) is 42.8 Å². The van der Waals surface area contributed by atoms with E-state index in [2.05, 4.69) is 15.2 Å². The summed E-state index contributed by atoms with van der Waals surface area (Å²) in [5.41, 5.74) is 1.20. The number of aromatic nitrogens is 1. The van der Waals surface area contributed by atoms with Crippen LogP contribution in [-0.2, 0) is 10.8 Å². The Bertz CT molecular complexity index is 708. The summed E-state index contributed by atoms with van der Waals surface area (Å²) in [7, 11) is -1.02. The van der Waals surface area contributed by atoms with Crippen molar-refractivity contribution in [3.63, 3.8) is 0 Å². The minimum absolute atomic E-state index is 0.198. The number of carbonyl (C=O) groups is 1. The molecule has 1 aromatic heterocycles.